The standard InChI is InChI=1S/C15H21NO2/c16-12-4-3-5-13(10-12)17-11-14-6-9-15(18-14)7-1-2-8-15/h3-5,10,14H,1-2,6-9,11,16H2. The quantitative estimate of drug-likeness (QED) is 0.834. The molecule has 1 aliphatic heterocycles. The summed E-state index contributed by atoms with van der Waals surface area (Å²) in [5, 5.41) is 0. The second-order valence-electron chi connectivity index (χ2n) is 5.55. The molecule has 0 bridgehead atoms. The maximum atomic E-state index is 6.21. The summed E-state index contributed by atoms with van der Waals surface area (Å²) in [4.78, 5) is 0. The van der Waals surface area contributed by atoms with E-state index in [1.807, 2.05) is 24.3 Å². The van der Waals surface area contributed by atoms with Gasteiger partial charge in [-0.25, -0.2) is 0 Å². The molecule has 18 heavy (non-hydrogen) atoms. The van der Waals surface area contributed by atoms with Gasteiger partial charge in [0.15, 0.2) is 0 Å². The van der Waals surface area contributed by atoms with Gasteiger partial charge in [-0.05, 0) is 37.8 Å². The SMILES string of the molecule is Nc1cccc(OCC2CCC3(CCCC3)O2)c1. The molecule has 0 amide bonds. The maximum Gasteiger partial charge on any atom is 0.121 e. The van der Waals surface area contributed by atoms with Crippen molar-refractivity contribution in [3.05, 3.63) is 24.3 Å². The maximum absolute atomic E-state index is 6.21. The number of ether oxygens (including phenoxy) is 2. The molecule has 3 heteroatoms. The minimum atomic E-state index is 0.198. The smallest absolute Gasteiger partial charge is 0.121 e. The molecular weight excluding hydrogens is 226 g/mol. The Morgan fingerprint density at radius 1 is 1.28 bits per heavy atom. The van der Waals surface area contributed by atoms with Crippen LogP contribution in [-0.4, -0.2) is 18.3 Å². The van der Waals surface area contributed by atoms with E-state index in [2.05, 4.69) is 0 Å². The van der Waals surface area contributed by atoms with Crippen molar-refractivity contribution in [3.63, 3.8) is 0 Å². The Morgan fingerprint density at radius 3 is 2.89 bits per heavy atom. The van der Waals surface area contributed by atoms with Crippen LogP contribution >= 0.6 is 0 Å². The Hall–Kier alpha value is -1.22. The Kier molecular flexibility index (Phi) is 3.16. The zero-order chi connectivity index (χ0) is 12.4. The first-order valence-corrected chi connectivity index (χ1v) is 6.92. The van der Waals surface area contributed by atoms with Gasteiger partial charge in [0.25, 0.3) is 0 Å². The van der Waals surface area contributed by atoms with E-state index >= 15 is 0 Å². The lowest BCUT2D eigenvalue weighted by Gasteiger charge is -2.23. The molecule has 2 aliphatic rings. The average Bonchev–Trinajstić information content (AvgIpc) is 2.98. The molecule has 98 valence electrons. The first kappa shape index (κ1) is 11.8. The molecule has 1 heterocycles. The predicted octanol–water partition coefficient (Wildman–Crippen LogP) is 3.14. The molecule has 3 nitrogen and oxygen atoms in total. The van der Waals surface area contributed by atoms with Crippen LogP contribution in [0.5, 0.6) is 5.75 Å². The minimum Gasteiger partial charge on any atom is -0.491 e. The first-order valence-electron chi connectivity index (χ1n) is 6.92. The monoisotopic (exact) mass is 247 g/mol. The van der Waals surface area contributed by atoms with Crippen molar-refractivity contribution < 1.29 is 9.47 Å². The van der Waals surface area contributed by atoms with Crippen molar-refractivity contribution in [2.24, 2.45) is 0 Å². The molecule has 1 aromatic carbocycles. The van der Waals surface area contributed by atoms with Crippen LogP contribution in [0.15, 0.2) is 24.3 Å². The van der Waals surface area contributed by atoms with Gasteiger partial charge in [-0.3, -0.25) is 0 Å². The molecule has 1 spiro atoms. The highest BCUT2D eigenvalue weighted by Crippen LogP contribution is 2.43. The molecule has 1 atom stereocenters. The molecule has 0 radical (unpaired) electrons. The first-order chi connectivity index (χ1) is 8.76. The summed E-state index contributed by atoms with van der Waals surface area (Å²) in [7, 11) is 0. The van der Waals surface area contributed by atoms with Crippen LogP contribution in [0.2, 0.25) is 0 Å². The Morgan fingerprint density at radius 2 is 2.11 bits per heavy atom. The van der Waals surface area contributed by atoms with E-state index in [0.29, 0.717) is 6.61 Å². The second-order valence-corrected chi connectivity index (χ2v) is 5.55. The number of benzene rings is 1. The van der Waals surface area contributed by atoms with Crippen LogP contribution in [0.3, 0.4) is 0 Å². The van der Waals surface area contributed by atoms with Crippen LogP contribution in [0, 0.1) is 0 Å². The third-order valence-electron chi connectivity index (χ3n) is 4.15. The number of nitrogens with two attached hydrogens (primary N) is 1. The van der Waals surface area contributed by atoms with E-state index in [0.717, 1.165) is 17.9 Å². The zero-order valence-electron chi connectivity index (χ0n) is 10.7. The van der Waals surface area contributed by atoms with E-state index in [9.17, 15) is 0 Å². The van der Waals surface area contributed by atoms with E-state index in [1.165, 1.54) is 32.1 Å². The van der Waals surface area contributed by atoms with E-state index in [4.69, 9.17) is 15.2 Å². The van der Waals surface area contributed by atoms with Gasteiger partial charge >= 0.3 is 0 Å². The molecule has 0 aromatic heterocycles. The van der Waals surface area contributed by atoms with Gasteiger partial charge in [-0.15, -0.1) is 0 Å². The van der Waals surface area contributed by atoms with Crippen molar-refractivity contribution >= 4 is 5.69 Å². The molecular formula is C15H21NO2. The van der Waals surface area contributed by atoms with Gasteiger partial charge in [0.1, 0.15) is 12.4 Å². The largest absolute Gasteiger partial charge is 0.491 e. The van der Waals surface area contributed by atoms with Crippen molar-refractivity contribution in [2.75, 3.05) is 12.3 Å². The van der Waals surface area contributed by atoms with E-state index < -0.39 is 0 Å². The van der Waals surface area contributed by atoms with Gasteiger partial charge in [0.05, 0.1) is 11.7 Å². The topological polar surface area (TPSA) is 44.5 Å². The van der Waals surface area contributed by atoms with Gasteiger partial charge in [0, 0.05) is 11.8 Å². The summed E-state index contributed by atoms with van der Waals surface area (Å²) >= 11 is 0. The molecule has 1 aliphatic carbocycles. The summed E-state index contributed by atoms with van der Waals surface area (Å²) < 4.78 is 12.0. The molecule has 2 fully saturated rings. The highest BCUT2D eigenvalue weighted by molar-refractivity contribution is 5.43. The van der Waals surface area contributed by atoms with Crippen molar-refractivity contribution in [2.45, 2.75) is 50.2 Å². The van der Waals surface area contributed by atoms with E-state index in [-0.39, 0.29) is 11.7 Å². The van der Waals surface area contributed by atoms with Gasteiger partial charge < -0.3 is 15.2 Å². The van der Waals surface area contributed by atoms with Crippen molar-refractivity contribution in [1.29, 1.82) is 0 Å². The third kappa shape index (κ3) is 2.46. The Labute approximate surface area is 108 Å². The van der Waals surface area contributed by atoms with Gasteiger partial charge in [0.2, 0.25) is 0 Å². The lowest BCUT2D eigenvalue weighted by Crippen LogP contribution is -2.27. The predicted molar refractivity (Wildman–Crippen MR) is 71.7 cm³/mol. The Balaban J connectivity index is 1.52. The number of anilines is 1. The zero-order valence-corrected chi connectivity index (χ0v) is 10.7. The Bertz CT molecular complexity index is 413. The summed E-state index contributed by atoms with van der Waals surface area (Å²) in [5.74, 6) is 0.839. The molecule has 1 unspecified atom stereocenters. The van der Waals surface area contributed by atoms with Crippen LogP contribution < -0.4 is 10.5 Å². The molecule has 1 aromatic rings. The number of hydrogen-bond acceptors (Lipinski definition) is 3. The third-order valence-corrected chi connectivity index (χ3v) is 4.15. The number of hydrogen-bond donors (Lipinski definition) is 1. The normalized spacial score (nSPS) is 25.7. The van der Waals surface area contributed by atoms with Crippen LogP contribution in [-0.2, 0) is 4.74 Å². The van der Waals surface area contributed by atoms with Crippen LogP contribution in [0.1, 0.15) is 38.5 Å². The molecule has 1 saturated heterocycles. The van der Waals surface area contributed by atoms with E-state index in [1.54, 1.807) is 0 Å². The highest BCUT2D eigenvalue weighted by atomic mass is 16.6. The molecule has 1 saturated carbocycles. The van der Waals surface area contributed by atoms with Crippen LogP contribution in [0.25, 0.3) is 0 Å². The number of nitrogen functional groups attached to an aromatic ring is 1. The lowest BCUT2D eigenvalue weighted by molar-refractivity contribution is -0.0508. The van der Waals surface area contributed by atoms with Crippen molar-refractivity contribution in [3.8, 4) is 5.75 Å². The highest BCUT2D eigenvalue weighted by Gasteiger charge is 2.42. The summed E-state index contributed by atoms with van der Waals surface area (Å²) in [6.07, 6.45) is 7.71. The van der Waals surface area contributed by atoms with Crippen molar-refractivity contribution in [1.82, 2.24) is 0 Å². The summed E-state index contributed by atoms with van der Waals surface area (Å²) in [6, 6.07) is 7.59. The fourth-order valence-electron chi connectivity index (χ4n) is 3.19. The second kappa shape index (κ2) is 4.81. The number of rotatable bonds is 3. The van der Waals surface area contributed by atoms with Gasteiger partial charge in [-0.2, -0.15) is 0 Å². The fraction of sp³-hybridized carbons (Fsp3) is 0.600. The summed E-state index contributed by atoms with van der Waals surface area (Å²) in [6.45, 7) is 0.644. The minimum absolute atomic E-state index is 0.198. The van der Waals surface area contributed by atoms with Gasteiger partial charge in [-0.1, -0.05) is 18.9 Å². The average molecular weight is 247 g/mol. The summed E-state index contributed by atoms with van der Waals surface area (Å²) in [5.41, 5.74) is 6.67. The van der Waals surface area contributed by atoms with Crippen LogP contribution in [0.4, 0.5) is 5.69 Å². The molecule has 3 rings (SSSR count). The lowest BCUT2D eigenvalue weighted by atomic mass is 9.98. The fourth-order valence-corrected chi connectivity index (χ4v) is 3.19. The molecule has 2 N–H and O–H groups in total.